The first-order chi connectivity index (χ1) is 12.9. The molecule has 0 unspecified atom stereocenters. The van der Waals surface area contributed by atoms with E-state index in [0.29, 0.717) is 5.56 Å². The highest BCUT2D eigenvalue weighted by molar-refractivity contribution is 6.15. The van der Waals surface area contributed by atoms with E-state index in [0.717, 1.165) is 12.1 Å². The second kappa shape index (κ2) is 7.25. The third-order valence-corrected chi connectivity index (χ3v) is 3.65. The van der Waals surface area contributed by atoms with Gasteiger partial charge in [-0.2, -0.15) is 18.4 Å². The lowest BCUT2D eigenvalue weighted by molar-refractivity contribution is -0.137. The number of aliphatic imine (C=N–C) groups is 1. The van der Waals surface area contributed by atoms with Crippen LogP contribution in [0, 0.1) is 11.3 Å². The van der Waals surface area contributed by atoms with Gasteiger partial charge < -0.3 is 5.11 Å². The van der Waals surface area contributed by atoms with Gasteiger partial charge in [-0.15, -0.1) is 0 Å². The number of hydrogen-bond donors (Lipinski definition) is 1. The molecule has 2 aromatic heterocycles. The molecule has 0 aliphatic heterocycles. The van der Waals surface area contributed by atoms with Crippen molar-refractivity contribution in [2.24, 2.45) is 4.99 Å². The van der Waals surface area contributed by atoms with E-state index in [1.807, 2.05) is 6.07 Å². The number of alkyl halides is 3. The smallest absolute Gasteiger partial charge is 0.416 e. The summed E-state index contributed by atoms with van der Waals surface area (Å²) in [6, 6.07) is 10.7. The molecule has 5 nitrogen and oxygen atoms in total. The quantitative estimate of drug-likeness (QED) is 0.690. The monoisotopic (exact) mass is 368 g/mol. The van der Waals surface area contributed by atoms with Crippen LogP contribution in [-0.2, 0) is 6.18 Å². The number of hydrogen-bond acceptors (Lipinski definition) is 5. The number of aromatic hydroxyl groups is 1. The van der Waals surface area contributed by atoms with Crippen LogP contribution in [0.5, 0.6) is 5.75 Å². The maximum absolute atomic E-state index is 12.8. The normalized spacial score (nSPS) is 11.9. The van der Waals surface area contributed by atoms with Crippen molar-refractivity contribution in [3.8, 4) is 23.1 Å². The molecule has 0 bridgehead atoms. The Morgan fingerprint density at radius 1 is 1.07 bits per heavy atom. The lowest BCUT2D eigenvalue weighted by atomic mass is 10.1. The van der Waals surface area contributed by atoms with Gasteiger partial charge in [0, 0.05) is 24.2 Å². The average molecular weight is 368 g/mol. The summed E-state index contributed by atoms with van der Waals surface area (Å²) in [5.74, 6) is -0.295. The Morgan fingerprint density at radius 3 is 2.48 bits per heavy atom. The summed E-state index contributed by atoms with van der Waals surface area (Å²) in [6.45, 7) is 0. The number of halogens is 3. The maximum atomic E-state index is 12.8. The van der Waals surface area contributed by atoms with Crippen molar-refractivity contribution in [1.29, 1.82) is 5.26 Å². The molecule has 2 heterocycles. The van der Waals surface area contributed by atoms with Gasteiger partial charge in [-0.05, 0) is 36.4 Å². The molecule has 1 N–H and O–H groups in total. The highest BCUT2D eigenvalue weighted by Gasteiger charge is 2.30. The fourth-order valence-electron chi connectivity index (χ4n) is 2.39. The number of rotatable bonds is 3. The average Bonchev–Trinajstić information content (AvgIpc) is 2.67. The molecule has 0 radical (unpaired) electrons. The van der Waals surface area contributed by atoms with Gasteiger partial charge in [0.2, 0.25) is 0 Å². The molecular weight excluding hydrogens is 357 g/mol. The number of pyridine rings is 2. The molecule has 0 fully saturated rings. The highest BCUT2D eigenvalue weighted by Crippen LogP contribution is 2.33. The minimum absolute atomic E-state index is 0.0527. The molecule has 0 amide bonds. The number of nitriles is 1. The summed E-state index contributed by atoms with van der Waals surface area (Å²) < 4.78 is 38.5. The zero-order valence-electron chi connectivity index (χ0n) is 13.6. The molecular formula is C19H11F3N4O. The van der Waals surface area contributed by atoms with Gasteiger partial charge in [-0.3, -0.25) is 9.97 Å². The lowest BCUT2D eigenvalue weighted by Gasteiger charge is -2.09. The fourth-order valence-corrected chi connectivity index (χ4v) is 2.39. The van der Waals surface area contributed by atoms with E-state index >= 15 is 0 Å². The fraction of sp³-hybridized carbons (Fsp3) is 0.0526. The standard InChI is InChI=1S/C19H11F3N4O/c20-19(21,22)13-2-1-3-14(10-13)26-16(11-23)15-6-9-25-17(18(15)27)12-4-7-24-8-5-12/h1-10,27H/b26-16+. The molecule has 3 aromatic rings. The molecule has 0 saturated carbocycles. The molecule has 0 saturated heterocycles. The van der Waals surface area contributed by atoms with Gasteiger partial charge in [-0.25, -0.2) is 4.99 Å². The van der Waals surface area contributed by atoms with E-state index in [4.69, 9.17) is 0 Å². The molecule has 3 rings (SSSR count). The van der Waals surface area contributed by atoms with E-state index in [1.54, 1.807) is 12.1 Å². The van der Waals surface area contributed by atoms with Gasteiger partial charge in [0.15, 0.2) is 11.5 Å². The minimum atomic E-state index is -4.52. The molecule has 27 heavy (non-hydrogen) atoms. The summed E-state index contributed by atoms with van der Waals surface area (Å²) in [5.41, 5.74) is -0.315. The van der Waals surface area contributed by atoms with Crippen LogP contribution in [0.4, 0.5) is 18.9 Å². The second-order valence-corrected chi connectivity index (χ2v) is 5.41. The first kappa shape index (κ1) is 18.1. The van der Waals surface area contributed by atoms with Crippen LogP contribution in [0.2, 0.25) is 0 Å². The maximum Gasteiger partial charge on any atom is 0.416 e. The van der Waals surface area contributed by atoms with Crippen molar-refractivity contribution in [2.45, 2.75) is 6.18 Å². The summed E-state index contributed by atoms with van der Waals surface area (Å²) in [5, 5.41) is 19.9. The van der Waals surface area contributed by atoms with E-state index in [9.17, 15) is 23.5 Å². The van der Waals surface area contributed by atoms with Crippen LogP contribution in [0.15, 0.2) is 66.0 Å². The third-order valence-electron chi connectivity index (χ3n) is 3.65. The van der Waals surface area contributed by atoms with Crippen LogP contribution >= 0.6 is 0 Å². The molecule has 1 aromatic carbocycles. The Bertz CT molecular complexity index is 1040. The van der Waals surface area contributed by atoms with E-state index in [1.165, 1.54) is 36.8 Å². The predicted molar refractivity (Wildman–Crippen MR) is 92.4 cm³/mol. The van der Waals surface area contributed by atoms with Crippen molar-refractivity contribution >= 4 is 11.4 Å². The number of aromatic nitrogens is 2. The topological polar surface area (TPSA) is 82.2 Å². The molecule has 0 aliphatic carbocycles. The largest absolute Gasteiger partial charge is 0.505 e. The second-order valence-electron chi connectivity index (χ2n) is 5.41. The lowest BCUT2D eigenvalue weighted by Crippen LogP contribution is -2.04. The van der Waals surface area contributed by atoms with Crippen LogP contribution < -0.4 is 0 Å². The molecule has 0 atom stereocenters. The molecule has 0 spiro atoms. The summed E-state index contributed by atoms with van der Waals surface area (Å²) in [6.07, 6.45) is -0.106. The summed E-state index contributed by atoms with van der Waals surface area (Å²) in [4.78, 5) is 11.9. The highest BCUT2D eigenvalue weighted by atomic mass is 19.4. The minimum Gasteiger partial charge on any atom is -0.505 e. The number of nitrogens with zero attached hydrogens (tertiary/aromatic N) is 4. The summed E-state index contributed by atoms with van der Waals surface area (Å²) in [7, 11) is 0. The zero-order valence-corrected chi connectivity index (χ0v) is 13.6. The van der Waals surface area contributed by atoms with Gasteiger partial charge in [0.25, 0.3) is 0 Å². The van der Waals surface area contributed by atoms with E-state index in [-0.39, 0.29) is 28.4 Å². The van der Waals surface area contributed by atoms with Gasteiger partial charge >= 0.3 is 6.18 Å². The van der Waals surface area contributed by atoms with Crippen molar-refractivity contribution in [3.63, 3.8) is 0 Å². The zero-order chi connectivity index (χ0) is 19.4. The summed E-state index contributed by atoms with van der Waals surface area (Å²) >= 11 is 0. The van der Waals surface area contributed by atoms with E-state index in [2.05, 4.69) is 15.0 Å². The van der Waals surface area contributed by atoms with Gasteiger partial charge in [0.1, 0.15) is 11.8 Å². The van der Waals surface area contributed by atoms with Crippen molar-refractivity contribution in [3.05, 3.63) is 72.2 Å². The van der Waals surface area contributed by atoms with Crippen LogP contribution in [-0.4, -0.2) is 20.8 Å². The Kier molecular flexibility index (Phi) is 4.86. The Labute approximate surface area is 152 Å². The SMILES string of the molecule is N#C/C(=N\c1cccc(C(F)(F)F)c1)c1ccnc(-c2ccncc2)c1O. The third kappa shape index (κ3) is 3.93. The van der Waals surface area contributed by atoms with Crippen LogP contribution in [0.1, 0.15) is 11.1 Å². The molecule has 134 valence electrons. The van der Waals surface area contributed by atoms with Crippen molar-refractivity contribution < 1.29 is 18.3 Å². The van der Waals surface area contributed by atoms with Crippen molar-refractivity contribution in [1.82, 2.24) is 9.97 Å². The first-order valence-electron chi connectivity index (χ1n) is 7.65. The van der Waals surface area contributed by atoms with Gasteiger partial charge in [0.05, 0.1) is 16.8 Å². The van der Waals surface area contributed by atoms with E-state index < -0.39 is 11.7 Å². The first-order valence-corrected chi connectivity index (χ1v) is 7.65. The van der Waals surface area contributed by atoms with Crippen LogP contribution in [0.25, 0.3) is 11.3 Å². The van der Waals surface area contributed by atoms with Crippen LogP contribution in [0.3, 0.4) is 0 Å². The Hall–Kier alpha value is -3.73. The molecule has 0 aliphatic rings. The molecule has 8 heteroatoms. The van der Waals surface area contributed by atoms with Gasteiger partial charge in [-0.1, -0.05) is 6.07 Å². The van der Waals surface area contributed by atoms with Crippen molar-refractivity contribution in [2.75, 3.05) is 0 Å². The number of benzene rings is 1. The Morgan fingerprint density at radius 2 is 1.81 bits per heavy atom. The predicted octanol–water partition coefficient (Wildman–Crippen LogP) is 4.51. The Balaban J connectivity index is 2.07.